The van der Waals surface area contributed by atoms with Gasteiger partial charge in [0.05, 0.1) is 39.1 Å². The van der Waals surface area contributed by atoms with Crippen molar-refractivity contribution in [1.82, 2.24) is 14.1 Å². The number of imidazole rings is 1. The van der Waals surface area contributed by atoms with Gasteiger partial charge in [0, 0.05) is 33.0 Å². The first-order chi connectivity index (χ1) is 27.3. The van der Waals surface area contributed by atoms with Crippen molar-refractivity contribution in [1.29, 1.82) is 0 Å². The van der Waals surface area contributed by atoms with E-state index >= 15 is 0 Å². The fourth-order valence-electron chi connectivity index (χ4n) is 8.86. The highest BCUT2D eigenvalue weighted by Gasteiger charge is 2.39. The van der Waals surface area contributed by atoms with Crippen LogP contribution in [0.15, 0.2) is 187 Å². The van der Waals surface area contributed by atoms with Crippen molar-refractivity contribution in [2.75, 3.05) is 10.2 Å². The smallest absolute Gasteiger partial charge is 0.217 e. The molecule has 6 heteroatoms. The molecule has 0 fully saturated rings. The summed E-state index contributed by atoms with van der Waals surface area (Å²) in [7, 11) is 0. The second-order valence-corrected chi connectivity index (χ2v) is 14.3. The van der Waals surface area contributed by atoms with Gasteiger partial charge in [-0.15, -0.1) is 0 Å². The number of aromatic nitrogens is 3. The van der Waals surface area contributed by atoms with Crippen LogP contribution in [0, 0.1) is 0 Å². The molecule has 55 heavy (non-hydrogen) atoms. The highest BCUT2D eigenvalue weighted by molar-refractivity contribution is 6.26. The number of rotatable bonds is 3. The Morgan fingerprint density at radius 1 is 0.509 bits per heavy atom. The number of hydrogen-bond acceptors (Lipinski definition) is 4. The van der Waals surface area contributed by atoms with Crippen molar-refractivity contribution >= 4 is 66.6 Å². The fourth-order valence-corrected chi connectivity index (χ4v) is 8.86. The first kappa shape index (κ1) is 30.1. The topological polar surface area (TPSA) is 50.4 Å². The number of nitrogens with one attached hydrogen (secondary N) is 1. The fraction of sp³-hybridized carbons (Fsp3) is 0.0204. The molecule has 0 radical (unpaired) electrons. The zero-order chi connectivity index (χ0) is 36.0. The summed E-state index contributed by atoms with van der Waals surface area (Å²) < 4.78 is 4.65. The minimum atomic E-state index is -0.0727. The van der Waals surface area contributed by atoms with Crippen molar-refractivity contribution in [3.8, 4) is 28.2 Å². The van der Waals surface area contributed by atoms with Crippen LogP contribution in [-0.4, -0.2) is 20.1 Å². The van der Waals surface area contributed by atoms with E-state index in [4.69, 9.17) is 9.98 Å². The standard InChI is InChI=1S/C49H32N6/c1-2-14-33(15-3-1)53-44-24-12-9-21-41(44)50-47(53)32-28-26-31(27-29-32)38-30-39-35-17-7-11-23-43(35)54(46(39)36-18-5-4-16-34(36)38)49-52-40-20-8-6-19-37(40)48-51-42-22-10-13-25-45(42)55(48)49/h1-30,48,51H. The number of benzene rings is 8. The van der Waals surface area contributed by atoms with E-state index in [0.29, 0.717) is 0 Å². The molecule has 2 aromatic heterocycles. The molecule has 4 heterocycles. The van der Waals surface area contributed by atoms with Gasteiger partial charge in [0.15, 0.2) is 0 Å². The Hall–Kier alpha value is -7.44. The molecular weight excluding hydrogens is 673 g/mol. The van der Waals surface area contributed by atoms with Crippen molar-refractivity contribution < 1.29 is 0 Å². The van der Waals surface area contributed by atoms with E-state index in [1.54, 1.807) is 0 Å². The minimum absolute atomic E-state index is 0.0727. The van der Waals surface area contributed by atoms with Crippen LogP contribution in [-0.2, 0) is 0 Å². The average molecular weight is 705 g/mol. The molecule has 1 N–H and O–H groups in total. The van der Waals surface area contributed by atoms with Gasteiger partial charge in [0.1, 0.15) is 12.0 Å². The Balaban J connectivity index is 1.07. The summed E-state index contributed by atoms with van der Waals surface area (Å²) >= 11 is 0. The van der Waals surface area contributed by atoms with Crippen LogP contribution >= 0.6 is 0 Å². The molecule has 0 aliphatic carbocycles. The molecule has 10 aromatic rings. The molecule has 0 saturated carbocycles. The van der Waals surface area contributed by atoms with Crippen molar-refractivity contribution in [3.63, 3.8) is 0 Å². The highest BCUT2D eigenvalue weighted by atomic mass is 15.4. The van der Waals surface area contributed by atoms with Crippen LogP contribution in [0.5, 0.6) is 0 Å². The lowest BCUT2D eigenvalue weighted by Crippen LogP contribution is -2.40. The van der Waals surface area contributed by atoms with E-state index in [1.807, 2.05) is 0 Å². The molecule has 0 spiro atoms. The van der Waals surface area contributed by atoms with E-state index in [1.165, 1.54) is 27.1 Å². The Labute approximate surface area is 316 Å². The third-order valence-electron chi connectivity index (χ3n) is 11.3. The largest absolute Gasteiger partial charge is 0.359 e. The SMILES string of the molecule is c1ccc(-n2c(-c3ccc(-c4cc5c6ccccc6n(C6=Nc7ccccc7C7Nc8ccccc8N67)c5c5ccccc45)cc3)nc3ccccc32)cc1. The van der Waals surface area contributed by atoms with Gasteiger partial charge in [-0.1, -0.05) is 127 Å². The Morgan fingerprint density at radius 2 is 1.18 bits per heavy atom. The normalized spacial score (nSPS) is 14.6. The van der Waals surface area contributed by atoms with Crippen LogP contribution in [0.2, 0.25) is 0 Å². The number of hydrogen-bond donors (Lipinski definition) is 1. The molecule has 2 aliphatic rings. The Morgan fingerprint density at radius 3 is 2.05 bits per heavy atom. The third kappa shape index (κ3) is 4.36. The van der Waals surface area contributed by atoms with Gasteiger partial charge in [-0.05, 0) is 71.1 Å². The molecular formula is C49H32N6. The van der Waals surface area contributed by atoms with Crippen molar-refractivity contribution in [2.45, 2.75) is 6.17 Å². The minimum Gasteiger partial charge on any atom is -0.359 e. The molecule has 1 unspecified atom stereocenters. The average Bonchev–Trinajstić information content (AvgIpc) is 3.94. The van der Waals surface area contributed by atoms with Gasteiger partial charge in [-0.3, -0.25) is 14.0 Å². The van der Waals surface area contributed by atoms with Gasteiger partial charge in [0.2, 0.25) is 5.96 Å². The molecule has 0 bridgehead atoms. The Bertz CT molecular complexity index is 3190. The quantitative estimate of drug-likeness (QED) is 0.199. The van der Waals surface area contributed by atoms with Gasteiger partial charge in [-0.25, -0.2) is 9.98 Å². The second-order valence-electron chi connectivity index (χ2n) is 14.3. The van der Waals surface area contributed by atoms with Crippen LogP contribution < -0.4 is 10.2 Å². The second kappa shape index (κ2) is 11.5. The molecule has 0 amide bonds. The molecule has 0 saturated heterocycles. The number of para-hydroxylation sites is 7. The summed E-state index contributed by atoms with van der Waals surface area (Å²) in [5.74, 6) is 1.81. The first-order valence-electron chi connectivity index (χ1n) is 18.7. The highest BCUT2D eigenvalue weighted by Crippen LogP contribution is 2.48. The molecule has 258 valence electrons. The summed E-state index contributed by atoms with van der Waals surface area (Å²) in [6.45, 7) is 0. The monoisotopic (exact) mass is 704 g/mol. The van der Waals surface area contributed by atoms with Crippen LogP contribution in [0.25, 0.3) is 71.8 Å². The summed E-state index contributed by atoms with van der Waals surface area (Å²) in [6.07, 6.45) is -0.0727. The molecule has 2 aliphatic heterocycles. The lowest BCUT2D eigenvalue weighted by Gasteiger charge is -2.33. The van der Waals surface area contributed by atoms with Gasteiger partial charge in [-0.2, -0.15) is 0 Å². The maximum Gasteiger partial charge on any atom is 0.217 e. The van der Waals surface area contributed by atoms with Crippen LogP contribution in [0.4, 0.5) is 17.1 Å². The summed E-state index contributed by atoms with van der Waals surface area (Å²) in [5, 5.41) is 8.57. The zero-order valence-corrected chi connectivity index (χ0v) is 29.6. The van der Waals surface area contributed by atoms with Crippen molar-refractivity contribution in [2.24, 2.45) is 4.99 Å². The van der Waals surface area contributed by atoms with Gasteiger partial charge >= 0.3 is 0 Å². The third-order valence-corrected chi connectivity index (χ3v) is 11.3. The number of aliphatic imine (C=N–C) groups is 1. The van der Waals surface area contributed by atoms with Gasteiger partial charge < -0.3 is 5.32 Å². The summed E-state index contributed by atoms with van der Waals surface area (Å²) in [6, 6.07) is 64.7. The summed E-state index contributed by atoms with van der Waals surface area (Å²) in [5.41, 5.74) is 13.2. The van der Waals surface area contributed by atoms with Crippen LogP contribution in [0.1, 0.15) is 11.7 Å². The van der Waals surface area contributed by atoms with E-state index in [0.717, 1.165) is 73.3 Å². The number of fused-ring (bicyclic) bond motifs is 11. The lowest BCUT2D eigenvalue weighted by molar-refractivity contribution is 0.814. The van der Waals surface area contributed by atoms with Gasteiger partial charge in [0.25, 0.3) is 0 Å². The zero-order valence-electron chi connectivity index (χ0n) is 29.6. The number of anilines is 2. The van der Waals surface area contributed by atoms with E-state index in [9.17, 15) is 0 Å². The molecule has 12 rings (SSSR count). The predicted octanol–water partition coefficient (Wildman–Crippen LogP) is 12.1. The van der Waals surface area contributed by atoms with Crippen molar-refractivity contribution in [3.05, 3.63) is 188 Å². The maximum absolute atomic E-state index is 5.46. The van der Waals surface area contributed by atoms with E-state index in [-0.39, 0.29) is 6.17 Å². The first-order valence-corrected chi connectivity index (χ1v) is 18.7. The Kier molecular flexibility index (Phi) is 6.30. The maximum atomic E-state index is 5.46. The molecule has 1 atom stereocenters. The van der Waals surface area contributed by atoms with E-state index < -0.39 is 0 Å². The number of nitrogens with zero attached hydrogens (tertiary/aromatic N) is 5. The summed E-state index contributed by atoms with van der Waals surface area (Å²) in [4.78, 5) is 13.0. The van der Waals surface area contributed by atoms with E-state index in [2.05, 4.69) is 201 Å². The predicted molar refractivity (Wildman–Crippen MR) is 227 cm³/mol. The molecule has 6 nitrogen and oxygen atoms in total. The lowest BCUT2D eigenvalue weighted by atomic mass is 9.94. The molecule has 8 aromatic carbocycles. The van der Waals surface area contributed by atoms with Crippen LogP contribution in [0.3, 0.4) is 0 Å².